The summed E-state index contributed by atoms with van der Waals surface area (Å²) in [6.45, 7) is 6.06. The Labute approximate surface area is 73.1 Å². The predicted octanol–water partition coefficient (Wildman–Crippen LogP) is 2.48. The summed E-state index contributed by atoms with van der Waals surface area (Å²) in [5.41, 5.74) is 2.15. The highest BCUT2D eigenvalue weighted by atomic mass is 16.1. The minimum absolute atomic E-state index is 0.137. The van der Waals surface area contributed by atoms with Crippen molar-refractivity contribution in [2.45, 2.75) is 26.7 Å². The molecular formula is C11H14O. The number of aryl methyl sites for hydroxylation is 1. The third-order valence-corrected chi connectivity index (χ3v) is 1.93. The average molecular weight is 162 g/mol. The molecule has 1 heteroatoms. The quantitative estimate of drug-likeness (QED) is 0.620. The van der Waals surface area contributed by atoms with Crippen molar-refractivity contribution in [3.05, 3.63) is 45.6 Å². The highest BCUT2D eigenvalue weighted by Gasteiger charge is 2.00. The van der Waals surface area contributed by atoms with E-state index in [2.05, 4.69) is 0 Å². The summed E-state index contributed by atoms with van der Waals surface area (Å²) in [6, 6.07) is 7.40. The number of rotatable bonds is 1. The first-order chi connectivity index (χ1) is 5.61. The Morgan fingerprint density at radius 1 is 1.08 bits per heavy atom. The van der Waals surface area contributed by atoms with Crippen LogP contribution in [0.3, 0.4) is 0 Å². The van der Waals surface area contributed by atoms with Gasteiger partial charge in [-0.2, -0.15) is 0 Å². The average Bonchev–Trinajstić information content (AvgIpc) is 2.14. The van der Waals surface area contributed by atoms with Crippen LogP contribution < -0.4 is 5.43 Å². The lowest BCUT2D eigenvalue weighted by Crippen LogP contribution is -2.04. The Balaban J connectivity index is 3.34. The molecule has 64 valence electrons. The Morgan fingerprint density at radius 3 is 2.25 bits per heavy atom. The second-order valence-electron chi connectivity index (χ2n) is 3.38. The molecule has 0 bridgehead atoms. The number of hydrogen-bond acceptors (Lipinski definition) is 1. The minimum atomic E-state index is 0.137. The fourth-order valence-electron chi connectivity index (χ4n) is 1.14. The van der Waals surface area contributed by atoms with Crippen molar-refractivity contribution in [1.29, 1.82) is 0 Å². The van der Waals surface area contributed by atoms with Crippen LogP contribution in [0.1, 0.15) is 30.9 Å². The van der Waals surface area contributed by atoms with E-state index in [9.17, 15) is 4.79 Å². The summed E-state index contributed by atoms with van der Waals surface area (Å²) in [7, 11) is 0. The molecule has 0 atom stereocenters. The summed E-state index contributed by atoms with van der Waals surface area (Å²) in [6.07, 6.45) is 0. The molecule has 0 aliphatic rings. The van der Waals surface area contributed by atoms with Crippen molar-refractivity contribution in [3.8, 4) is 0 Å². The van der Waals surface area contributed by atoms with Crippen LogP contribution in [0, 0.1) is 6.92 Å². The van der Waals surface area contributed by atoms with Crippen LogP contribution in [-0.2, 0) is 0 Å². The molecule has 1 rings (SSSR count). The lowest BCUT2D eigenvalue weighted by molar-refractivity contribution is 0.859. The van der Waals surface area contributed by atoms with Gasteiger partial charge in [-0.25, -0.2) is 0 Å². The molecule has 0 aromatic heterocycles. The van der Waals surface area contributed by atoms with Crippen LogP contribution in [0.4, 0.5) is 0 Å². The lowest BCUT2D eigenvalue weighted by Gasteiger charge is -1.98. The van der Waals surface area contributed by atoms with Gasteiger partial charge in [0.25, 0.3) is 0 Å². The molecule has 0 N–H and O–H groups in total. The van der Waals surface area contributed by atoms with E-state index < -0.39 is 0 Å². The SMILES string of the molecule is Cc1ccc(C(C)C)c(=O)cc1. The van der Waals surface area contributed by atoms with Crippen LogP contribution in [0.5, 0.6) is 0 Å². The summed E-state index contributed by atoms with van der Waals surface area (Å²) in [5.74, 6) is 0.310. The van der Waals surface area contributed by atoms with Crippen LogP contribution in [0.2, 0.25) is 0 Å². The molecule has 0 aliphatic carbocycles. The molecular weight excluding hydrogens is 148 g/mol. The van der Waals surface area contributed by atoms with Gasteiger partial charge in [0, 0.05) is 5.56 Å². The lowest BCUT2D eigenvalue weighted by atomic mass is 10.1. The van der Waals surface area contributed by atoms with Gasteiger partial charge in [-0.15, -0.1) is 0 Å². The molecule has 12 heavy (non-hydrogen) atoms. The summed E-state index contributed by atoms with van der Waals surface area (Å²) in [4.78, 5) is 11.4. The van der Waals surface area contributed by atoms with Gasteiger partial charge in [-0.1, -0.05) is 37.6 Å². The summed E-state index contributed by atoms with van der Waals surface area (Å²) in [5, 5.41) is 0. The van der Waals surface area contributed by atoms with Gasteiger partial charge >= 0.3 is 0 Å². The smallest absolute Gasteiger partial charge is 0.182 e. The molecule has 0 saturated carbocycles. The van der Waals surface area contributed by atoms with Crippen molar-refractivity contribution >= 4 is 0 Å². The molecule has 1 aromatic rings. The second-order valence-corrected chi connectivity index (χ2v) is 3.38. The Morgan fingerprint density at radius 2 is 1.67 bits per heavy atom. The maximum atomic E-state index is 11.4. The monoisotopic (exact) mass is 162 g/mol. The first-order valence-corrected chi connectivity index (χ1v) is 4.22. The van der Waals surface area contributed by atoms with Gasteiger partial charge in [0.1, 0.15) is 0 Å². The molecule has 0 radical (unpaired) electrons. The van der Waals surface area contributed by atoms with Crippen LogP contribution >= 0.6 is 0 Å². The first kappa shape index (κ1) is 8.98. The fraction of sp³-hybridized carbons (Fsp3) is 0.364. The highest BCUT2D eigenvalue weighted by molar-refractivity contribution is 5.21. The van der Waals surface area contributed by atoms with Crippen LogP contribution in [0.25, 0.3) is 0 Å². The molecule has 1 nitrogen and oxygen atoms in total. The normalized spacial score (nSPS) is 10.3. The van der Waals surface area contributed by atoms with E-state index in [1.807, 2.05) is 39.0 Å². The zero-order chi connectivity index (χ0) is 9.14. The van der Waals surface area contributed by atoms with Crippen LogP contribution in [0.15, 0.2) is 29.1 Å². The molecule has 0 amide bonds. The maximum Gasteiger partial charge on any atom is 0.182 e. The molecule has 0 unspecified atom stereocenters. The van der Waals surface area contributed by atoms with Gasteiger partial charge in [-0.05, 0) is 18.9 Å². The summed E-state index contributed by atoms with van der Waals surface area (Å²) >= 11 is 0. The molecule has 0 aliphatic heterocycles. The van der Waals surface area contributed by atoms with E-state index in [-0.39, 0.29) is 5.43 Å². The van der Waals surface area contributed by atoms with E-state index >= 15 is 0 Å². The largest absolute Gasteiger partial charge is 0.290 e. The fourth-order valence-corrected chi connectivity index (χ4v) is 1.14. The third kappa shape index (κ3) is 1.94. The zero-order valence-corrected chi connectivity index (χ0v) is 7.79. The van der Waals surface area contributed by atoms with E-state index in [0.29, 0.717) is 5.92 Å². The molecule has 1 aromatic carbocycles. The molecule has 0 saturated heterocycles. The standard InChI is InChI=1S/C11H14O/c1-8(2)10-6-4-9(3)5-7-11(10)12/h4-8H,1-3H3. The van der Waals surface area contributed by atoms with Gasteiger partial charge in [0.05, 0.1) is 0 Å². The number of hydrogen-bond donors (Lipinski definition) is 0. The predicted molar refractivity (Wildman–Crippen MR) is 51.5 cm³/mol. The molecule has 0 fully saturated rings. The van der Waals surface area contributed by atoms with Gasteiger partial charge in [-0.3, -0.25) is 4.79 Å². The Hall–Kier alpha value is -1.11. The second kappa shape index (κ2) is 3.53. The van der Waals surface area contributed by atoms with Crippen molar-refractivity contribution in [2.24, 2.45) is 0 Å². The van der Waals surface area contributed by atoms with Gasteiger partial charge < -0.3 is 0 Å². The van der Waals surface area contributed by atoms with Gasteiger partial charge in [0.15, 0.2) is 5.43 Å². The van der Waals surface area contributed by atoms with E-state index in [0.717, 1.165) is 11.1 Å². The highest BCUT2D eigenvalue weighted by Crippen LogP contribution is 2.08. The zero-order valence-electron chi connectivity index (χ0n) is 7.79. The molecule has 0 heterocycles. The Bertz CT molecular complexity index is 326. The van der Waals surface area contributed by atoms with E-state index in [4.69, 9.17) is 0 Å². The van der Waals surface area contributed by atoms with Crippen molar-refractivity contribution in [3.63, 3.8) is 0 Å². The Kier molecular flexibility index (Phi) is 2.64. The van der Waals surface area contributed by atoms with Crippen molar-refractivity contribution in [2.75, 3.05) is 0 Å². The minimum Gasteiger partial charge on any atom is -0.290 e. The topological polar surface area (TPSA) is 17.1 Å². The van der Waals surface area contributed by atoms with E-state index in [1.54, 1.807) is 6.07 Å². The van der Waals surface area contributed by atoms with Crippen molar-refractivity contribution < 1.29 is 0 Å². The van der Waals surface area contributed by atoms with E-state index in [1.165, 1.54) is 0 Å². The van der Waals surface area contributed by atoms with Gasteiger partial charge in [0.2, 0.25) is 0 Å². The van der Waals surface area contributed by atoms with Crippen LogP contribution in [-0.4, -0.2) is 0 Å². The maximum absolute atomic E-state index is 11.4. The summed E-state index contributed by atoms with van der Waals surface area (Å²) < 4.78 is 0. The van der Waals surface area contributed by atoms with Crippen molar-refractivity contribution in [1.82, 2.24) is 0 Å². The third-order valence-electron chi connectivity index (χ3n) is 1.93. The first-order valence-electron chi connectivity index (χ1n) is 4.22. The molecule has 0 spiro atoms.